The van der Waals surface area contributed by atoms with Crippen LogP contribution in [0.4, 0.5) is 24.8 Å². The van der Waals surface area contributed by atoms with Crippen LogP contribution in [0.5, 0.6) is 0 Å². The second kappa shape index (κ2) is 7.30. The van der Waals surface area contributed by atoms with E-state index in [0.717, 1.165) is 0 Å². The normalized spacial score (nSPS) is 13.7. The van der Waals surface area contributed by atoms with E-state index in [1.165, 1.54) is 19.4 Å². The molecule has 0 saturated carbocycles. The third-order valence-corrected chi connectivity index (χ3v) is 3.50. The Morgan fingerprint density at radius 3 is 2.70 bits per heavy atom. The molecule has 1 aromatic rings. The van der Waals surface area contributed by atoms with Gasteiger partial charge in [0.1, 0.15) is 31.5 Å². The molecule has 0 saturated heterocycles. The first-order chi connectivity index (χ1) is 11.1. The maximum Gasteiger partial charge on any atom is 0.335 e. The first kappa shape index (κ1) is 17.0. The van der Waals surface area contributed by atoms with E-state index in [1.807, 2.05) is 0 Å². The fraction of sp³-hybridized carbons (Fsp3) is 0.500. The molecule has 0 radical (unpaired) electrons. The molecular formula is C14H17F3N4O2. The average Bonchev–Trinajstić information content (AvgIpc) is 2.62. The average molecular weight is 330 g/mol. The van der Waals surface area contributed by atoms with Crippen molar-refractivity contribution in [2.24, 2.45) is 5.41 Å². The van der Waals surface area contributed by atoms with Crippen molar-refractivity contribution in [3.8, 4) is 0 Å². The second-order valence-corrected chi connectivity index (χ2v) is 5.26. The van der Waals surface area contributed by atoms with Gasteiger partial charge in [0.05, 0.1) is 24.3 Å². The number of fused-ring (bicyclic) bond motifs is 1. The number of nitrogens with one attached hydrogen (secondary N) is 2. The zero-order valence-electron chi connectivity index (χ0n) is 12.5. The predicted octanol–water partition coefficient (Wildman–Crippen LogP) is 1.77. The lowest BCUT2D eigenvalue weighted by molar-refractivity contribution is -0.135. The molecule has 0 unspecified atom stereocenters. The van der Waals surface area contributed by atoms with E-state index in [0.29, 0.717) is 17.1 Å². The Morgan fingerprint density at radius 1 is 1.39 bits per heavy atom. The monoisotopic (exact) mass is 330 g/mol. The van der Waals surface area contributed by atoms with Crippen LogP contribution in [0, 0.1) is 5.41 Å². The fourth-order valence-electron chi connectivity index (χ4n) is 1.91. The highest BCUT2D eigenvalue weighted by Gasteiger charge is 2.31. The molecule has 2 N–H and O–H groups in total. The van der Waals surface area contributed by atoms with E-state index in [9.17, 15) is 18.0 Å². The standard InChI is InChI=1S/C14H17F3N4O2/c1-23-13(22)9-2-10-12(18-3-9)19-4-11(21-10)20-8-14(5-15,6-16)7-17/h2,4H,3,5-8H2,1H3,(H,18,19)(H,20,21). The smallest absolute Gasteiger partial charge is 0.335 e. The number of carbonyl (C=O) groups is 1. The van der Waals surface area contributed by atoms with Crippen molar-refractivity contribution in [1.29, 1.82) is 0 Å². The molecule has 0 spiro atoms. The summed E-state index contributed by atoms with van der Waals surface area (Å²) in [7, 11) is 1.27. The third kappa shape index (κ3) is 3.72. The summed E-state index contributed by atoms with van der Waals surface area (Å²) >= 11 is 0. The highest BCUT2D eigenvalue weighted by molar-refractivity contribution is 5.96. The quantitative estimate of drug-likeness (QED) is 0.742. The molecule has 2 heterocycles. The summed E-state index contributed by atoms with van der Waals surface area (Å²) in [6.45, 7) is -3.38. The minimum Gasteiger partial charge on any atom is -0.466 e. The van der Waals surface area contributed by atoms with Gasteiger partial charge >= 0.3 is 5.97 Å². The molecule has 0 bridgehead atoms. The molecule has 6 nitrogen and oxygen atoms in total. The zero-order valence-corrected chi connectivity index (χ0v) is 12.5. The van der Waals surface area contributed by atoms with E-state index in [-0.39, 0.29) is 18.9 Å². The van der Waals surface area contributed by atoms with Gasteiger partial charge in [-0.05, 0) is 6.08 Å². The molecule has 0 amide bonds. The lowest BCUT2D eigenvalue weighted by Crippen LogP contribution is -2.36. The predicted molar refractivity (Wildman–Crippen MR) is 79.4 cm³/mol. The molecule has 1 aromatic heterocycles. The van der Waals surface area contributed by atoms with Gasteiger partial charge in [-0.2, -0.15) is 0 Å². The molecule has 9 heteroatoms. The number of hydrogen-bond donors (Lipinski definition) is 2. The molecular weight excluding hydrogens is 313 g/mol. The van der Waals surface area contributed by atoms with Gasteiger partial charge in [-0.25, -0.2) is 14.8 Å². The number of halogens is 3. The van der Waals surface area contributed by atoms with Crippen molar-refractivity contribution in [2.75, 3.05) is 50.9 Å². The number of ether oxygens (including phenoxy) is 1. The minimum absolute atomic E-state index is 0.229. The van der Waals surface area contributed by atoms with E-state index in [1.54, 1.807) is 0 Å². The first-order valence-corrected chi connectivity index (χ1v) is 6.89. The lowest BCUT2D eigenvalue weighted by Gasteiger charge is -2.25. The van der Waals surface area contributed by atoms with Gasteiger partial charge < -0.3 is 15.4 Å². The van der Waals surface area contributed by atoms with Crippen LogP contribution in [-0.2, 0) is 9.53 Å². The summed E-state index contributed by atoms with van der Waals surface area (Å²) in [6, 6.07) is 0. The molecule has 23 heavy (non-hydrogen) atoms. The third-order valence-electron chi connectivity index (χ3n) is 3.50. The molecule has 0 aromatic carbocycles. The first-order valence-electron chi connectivity index (χ1n) is 6.89. The van der Waals surface area contributed by atoms with Crippen LogP contribution in [0.25, 0.3) is 6.08 Å². The lowest BCUT2D eigenvalue weighted by atomic mass is 9.93. The maximum atomic E-state index is 12.8. The van der Waals surface area contributed by atoms with Crippen molar-refractivity contribution in [3.05, 3.63) is 17.5 Å². The van der Waals surface area contributed by atoms with Crippen molar-refractivity contribution in [1.82, 2.24) is 9.97 Å². The van der Waals surface area contributed by atoms with Crippen LogP contribution < -0.4 is 10.6 Å². The Balaban J connectivity index is 2.15. The van der Waals surface area contributed by atoms with Crippen molar-refractivity contribution in [2.45, 2.75) is 0 Å². The van der Waals surface area contributed by atoms with Crippen LogP contribution in [0.15, 0.2) is 11.8 Å². The molecule has 126 valence electrons. The van der Waals surface area contributed by atoms with E-state index >= 15 is 0 Å². The van der Waals surface area contributed by atoms with Crippen LogP contribution in [-0.4, -0.2) is 56.2 Å². The zero-order chi connectivity index (χ0) is 16.9. The maximum absolute atomic E-state index is 12.8. The van der Waals surface area contributed by atoms with Crippen molar-refractivity contribution in [3.63, 3.8) is 0 Å². The number of alkyl halides is 3. The van der Waals surface area contributed by atoms with Gasteiger partial charge in [-0.1, -0.05) is 0 Å². The van der Waals surface area contributed by atoms with Gasteiger partial charge in [0.25, 0.3) is 0 Å². The number of esters is 1. The number of hydrogen-bond acceptors (Lipinski definition) is 6. The molecule has 2 rings (SSSR count). The summed E-state index contributed by atoms with van der Waals surface area (Å²) in [5, 5.41) is 5.59. The van der Waals surface area contributed by atoms with Crippen LogP contribution in [0.1, 0.15) is 5.69 Å². The summed E-state index contributed by atoms with van der Waals surface area (Å²) in [4.78, 5) is 19.8. The number of aromatic nitrogens is 2. The molecule has 0 fully saturated rings. The Morgan fingerprint density at radius 2 is 2.09 bits per heavy atom. The van der Waals surface area contributed by atoms with E-state index in [4.69, 9.17) is 0 Å². The number of carbonyl (C=O) groups excluding carboxylic acids is 1. The summed E-state index contributed by atoms with van der Waals surface area (Å²) in [5.41, 5.74) is -0.965. The SMILES string of the molecule is COC(=O)C1=Cc2nc(NCC(CF)(CF)CF)cnc2NC1. The molecule has 0 atom stereocenters. The molecule has 0 aliphatic carbocycles. The van der Waals surface area contributed by atoms with Gasteiger partial charge in [-0.15, -0.1) is 0 Å². The highest BCUT2D eigenvalue weighted by atomic mass is 19.1. The minimum atomic E-state index is -1.72. The number of nitrogens with zero attached hydrogens (tertiary/aromatic N) is 2. The van der Waals surface area contributed by atoms with Crippen LogP contribution >= 0.6 is 0 Å². The van der Waals surface area contributed by atoms with Gasteiger partial charge in [0, 0.05) is 13.1 Å². The van der Waals surface area contributed by atoms with Crippen molar-refractivity contribution >= 4 is 23.7 Å². The largest absolute Gasteiger partial charge is 0.466 e. The number of methoxy groups -OCH3 is 1. The highest BCUT2D eigenvalue weighted by Crippen LogP contribution is 2.24. The Labute approximate surface area is 131 Å². The Bertz CT molecular complexity index is 597. The number of anilines is 2. The molecule has 1 aliphatic rings. The summed E-state index contributed by atoms with van der Waals surface area (Å²) in [6.07, 6.45) is 2.88. The van der Waals surface area contributed by atoms with Crippen LogP contribution in [0.2, 0.25) is 0 Å². The van der Waals surface area contributed by atoms with E-state index in [2.05, 4.69) is 25.3 Å². The fourth-order valence-corrected chi connectivity index (χ4v) is 1.91. The van der Waals surface area contributed by atoms with Gasteiger partial charge in [0.15, 0.2) is 5.82 Å². The Kier molecular flexibility index (Phi) is 5.41. The Hall–Kier alpha value is -2.32. The van der Waals surface area contributed by atoms with Crippen LogP contribution in [0.3, 0.4) is 0 Å². The topological polar surface area (TPSA) is 76.1 Å². The molecule has 1 aliphatic heterocycles. The van der Waals surface area contributed by atoms with Crippen molar-refractivity contribution < 1.29 is 22.7 Å². The summed E-state index contributed by atoms with van der Waals surface area (Å²) in [5.74, 6) is 0.207. The summed E-state index contributed by atoms with van der Waals surface area (Å²) < 4.78 is 43.2. The van der Waals surface area contributed by atoms with Gasteiger partial charge in [-0.3, -0.25) is 13.2 Å². The van der Waals surface area contributed by atoms with Gasteiger partial charge in [0.2, 0.25) is 0 Å². The second-order valence-electron chi connectivity index (χ2n) is 5.26. The van der Waals surface area contributed by atoms with E-state index < -0.39 is 31.4 Å². The number of rotatable bonds is 7.